The zero-order valence-electron chi connectivity index (χ0n) is 14.1. The monoisotopic (exact) mass is 330 g/mol. The molecule has 4 aromatic rings. The summed E-state index contributed by atoms with van der Waals surface area (Å²) >= 11 is 0. The summed E-state index contributed by atoms with van der Waals surface area (Å²) in [6, 6.07) is 19.4. The van der Waals surface area contributed by atoms with E-state index in [1.807, 2.05) is 61.5 Å². The summed E-state index contributed by atoms with van der Waals surface area (Å²) in [7, 11) is 1.64. The number of aromatic nitrogens is 2. The molecule has 0 aliphatic heterocycles. The third-order valence-electron chi connectivity index (χ3n) is 4.36. The lowest BCUT2D eigenvalue weighted by molar-refractivity contribution is 0.415. The topological polar surface area (TPSA) is 57.9 Å². The zero-order valence-corrected chi connectivity index (χ0v) is 14.1. The number of hydrogen-bond acceptors (Lipinski definition) is 2. The first kappa shape index (κ1) is 15.3. The normalized spacial score (nSPS) is 11.0. The van der Waals surface area contributed by atoms with Crippen LogP contribution in [-0.2, 0) is 0 Å². The molecule has 0 unspecified atom stereocenters. The molecule has 0 amide bonds. The molecule has 2 aromatic carbocycles. The number of ether oxygens (including phenoxy) is 1. The number of rotatable bonds is 3. The van der Waals surface area contributed by atoms with E-state index >= 15 is 0 Å². The first-order valence-electron chi connectivity index (χ1n) is 8.13. The van der Waals surface area contributed by atoms with Crippen LogP contribution in [0.5, 0.6) is 5.75 Å². The average molecular weight is 330 g/mol. The summed E-state index contributed by atoms with van der Waals surface area (Å²) < 4.78 is 5.23. The summed E-state index contributed by atoms with van der Waals surface area (Å²) in [4.78, 5) is 19.5. The zero-order chi connectivity index (χ0) is 17.4. The Morgan fingerprint density at radius 1 is 0.840 bits per heavy atom. The third kappa shape index (κ3) is 2.62. The number of fused-ring (bicyclic) bond motifs is 1. The van der Waals surface area contributed by atoms with Gasteiger partial charge in [-0.1, -0.05) is 30.3 Å². The Bertz CT molecular complexity index is 1090. The fraction of sp³-hybridized carbons (Fsp3) is 0.0952. The molecule has 0 fully saturated rings. The molecule has 4 rings (SSSR count). The van der Waals surface area contributed by atoms with E-state index in [9.17, 15) is 4.79 Å². The van der Waals surface area contributed by atoms with Crippen LogP contribution in [0.15, 0.2) is 65.5 Å². The second-order valence-electron chi connectivity index (χ2n) is 6.04. The Balaban J connectivity index is 2.03. The number of nitrogens with one attached hydrogen (secondary N) is 2. The quantitative estimate of drug-likeness (QED) is 0.581. The van der Waals surface area contributed by atoms with E-state index in [2.05, 4.69) is 9.97 Å². The minimum atomic E-state index is 0.00972. The first-order chi connectivity index (χ1) is 12.2. The van der Waals surface area contributed by atoms with Crippen molar-refractivity contribution >= 4 is 10.9 Å². The molecule has 4 nitrogen and oxygen atoms in total. The highest BCUT2D eigenvalue weighted by Crippen LogP contribution is 2.33. The highest BCUT2D eigenvalue weighted by molar-refractivity contribution is 6.02. The summed E-state index contributed by atoms with van der Waals surface area (Å²) in [5.74, 6) is 0.785. The second-order valence-corrected chi connectivity index (χ2v) is 6.04. The predicted octanol–water partition coefficient (Wildman–Crippen LogP) is 4.51. The largest absolute Gasteiger partial charge is 0.497 e. The molecule has 4 heteroatoms. The molecule has 2 N–H and O–H groups in total. The van der Waals surface area contributed by atoms with Gasteiger partial charge in [-0.05, 0) is 36.8 Å². The van der Waals surface area contributed by atoms with E-state index < -0.39 is 0 Å². The van der Waals surface area contributed by atoms with Gasteiger partial charge in [-0.25, -0.2) is 0 Å². The number of benzene rings is 2. The number of aryl methyl sites for hydroxylation is 1. The molecule has 0 aliphatic rings. The molecule has 0 radical (unpaired) electrons. The lowest BCUT2D eigenvalue weighted by Crippen LogP contribution is -2.02. The van der Waals surface area contributed by atoms with Crippen LogP contribution >= 0.6 is 0 Å². The van der Waals surface area contributed by atoms with Gasteiger partial charge in [0.25, 0.3) is 0 Å². The molecular weight excluding hydrogens is 312 g/mol. The number of hydrogen-bond donors (Lipinski definition) is 2. The van der Waals surface area contributed by atoms with Gasteiger partial charge in [0.2, 0.25) is 0 Å². The smallest absolute Gasteiger partial charge is 0.191 e. The molecule has 25 heavy (non-hydrogen) atoms. The first-order valence-corrected chi connectivity index (χ1v) is 8.13. The van der Waals surface area contributed by atoms with E-state index in [-0.39, 0.29) is 5.43 Å². The van der Waals surface area contributed by atoms with Crippen LogP contribution in [0, 0.1) is 6.92 Å². The number of methoxy groups -OCH3 is 1. The van der Waals surface area contributed by atoms with Crippen LogP contribution in [0.25, 0.3) is 33.4 Å². The molecule has 0 saturated heterocycles. The van der Waals surface area contributed by atoms with Gasteiger partial charge in [0.05, 0.1) is 29.4 Å². The summed E-state index contributed by atoms with van der Waals surface area (Å²) in [5, 5.41) is 0.676. The van der Waals surface area contributed by atoms with Crippen molar-refractivity contribution in [3.8, 4) is 28.3 Å². The lowest BCUT2D eigenvalue weighted by Gasteiger charge is -2.02. The molecule has 0 atom stereocenters. The molecular formula is C21H18N2O2. The Hall–Kier alpha value is -3.27. The van der Waals surface area contributed by atoms with E-state index in [1.54, 1.807) is 13.2 Å². The van der Waals surface area contributed by atoms with E-state index in [1.165, 1.54) is 0 Å². The third-order valence-corrected chi connectivity index (χ3v) is 4.36. The molecule has 0 spiro atoms. The number of H-pyrrole nitrogens is 2. The van der Waals surface area contributed by atoms with Crippen molar-refractivity contribution in [2.75, 3.05) is 7.11 Å². The maximum Gasteiger partial charge on any atom is 0.191 e. The maximum absolute atomic E-state index is 12.7. The van der Waals surface area contributed by atoms with Crippen molar-refractivity contribution in [2.24, 2.45) is 0 Å². The van der Waals surface area contributed by atoms with E-state index in [0.717, 1.165) is 39.5 Å². The fourth-order valence-electron chi connectivity index (χ4n) is 3.17. The maximum atomic E-state index is 12.7. The van der Waals surface area contributed by atoms with Gasteiger partial charge >= 0.3 is 0 Å². The predicted molar refractivity (Wildman–Crippen MR) is 101 cm³/mol. The molecule has 2 aromatic heterocycles. The Kier molecular flexibility index (Phi) is 3.65. The Labute approximate surface area is 145 Å². The van der Waals surface area contributed by atoms with Crippen LogP contribution < -0.4 is 10.2 Å². The van der Waals surface area contributed by atoms with Crippen LogP contribution in [0.2, 0.25) is 0 Å². The highest BCUT2D eigenvalue weighted by Gasteiger charge is 2.17. The fourth-order valence-corrected chi connectivity index (χ4v) is 3.17. The standard InChI is InChI=1S/C21H18N2O2/c1-13-12-17(24)18-19(15-8-10-16(25-2)11-9-15)23-20(21(18)22-13)14-6-4-3-5-7-14/h3-12,22-23H,1-2H3. The SMILES string of the molecule is COc1ccc(-c2[nH]c(-c3ccccc3)c3[nH]c(C)cc(=O)c23)cc1. The van der Waals surface area contributed by atoms with Crippen LogP contribution in [0.3, 0.4) is 0 Å². The lowest BCUT2D eigenvalue weighted by atomic mass is 10.1. The van der Waals surface area contributed by atoms with Crippen molar-refractivity contribution in [2.45, 2.75) is 6.92 Å². The molecule has 0 aliphatic carbocycles. The minimum absolute atomic E-state index is 0.00972. The van der Waals surface area contributed by atoms with Gasteiger partial charge in [0.1, 0.15) is 5.75 Å². The number of aromatic amines is 2. The van der Waals surface area contributed by atoms with Gasteiger partial charge in [-0.3, -0.25) is 4.79 Å². The van der Waals surface area contributed by atoms with Crippen molar-refractivity contribution in [3.63, 3.8) is 0 Å². The van der Waals surface area contributed by atoms with Gasteiger partial charge in [0, 0.05) is 17.3 Å². The molecule has 124 valence electrons. The van der Waals surface area contributed by atoms with Gasteiger partial charge < -0.3 is 14.7 Å². The summed E-state index contributed by atoms with van der Waals surface area (Å²) in [6.45, 7) is 1.90. The summed E-state index contributed by atoms with van der Waals surface area (Å²) in [6.07, 6.45) is 0. The van der Waals surface area contributed by atoms with Gasteiger partial charge in [-0.15, -0.1) is 0 Å². The highest BCUT2D eigenvalue weighted by atomic mass is 16.5. The molecule has 0 bridgehead atoms. The summed E-state index contributed by atoms with van der Waals surface area (Å²) in [5.41, 5.74) is 5.41. The van der Waals surface area contributed by atoms with Crippen LogP contribution in [-0.4, -0.2) is 17.1 Å². The molecule has 0 saturated carbocycles. The van der Waals surface area contributed by atoms with Crippen molar-refractivity contribution < 1.29 is 4.74 Å². The van der Waals surface area contributed by atoms with Crippen molar-refractivity contribution in [1.82, 2.24) is 9.97 Å². The van der Waals surface area contributed by atoms with Crippen LogP contribution in [0.4, 0.5) is 0 Å². The van der Waals surface area contributed by atoms with Crippen molar-refractivity contribution in [3.05, 3.63) is 76.6 Å². The minimum Gasteiger partial charge on any atom is -0.497 e. The average Bonchev–Trinajstić information content (AvgIpc) is 3.02. The second kappa shape index (κ2) is 5.98. The van der Waals surface area contributed by atoms with E-state index in [0.29, 0.717) is 5.39 Å². The van der Waals surface area contributed by atoms with E-state index in [4.69, 9.17) is 4.74 Å². The van der Waals surface area contributed by atoms with Crippen LogP contribution in [0.1, 0.15) is 5.69 Å². The molecule has 2 heterocycles. The Morgan fingerprint density at radius 2 is 1.52 bits per heavy atom. The van der Waals surface area contributed by atoms with Gasteiger partial charge in [0.15, 0.2) is 5.43 Å². The van der Waals surface area contributed by atoms with Crippen molar-refractivity contribution in [1.29, 1.82) is 0 Å². The van der Waals surface area contributed by atoms with Gasteiger partial charge in [-0.2, -0.15) is 0 Å². The number of pyridine rings is 1. The Morgan fingerprint density at radius 3 is 2.20 bits per heavy atom.